The Balaban J connectivity index is 1.80. The zero-order valence-corrected chi connectivity index (χ0v) is 10.5. The van der Waals surface area contributed by atoms with Crippen molar-refractivity contribution in [2.45, 2.75) is 25.3 Å². The van der Waals surface area contributed by atoms with Crippen LogP contribution in [-0.2, 0) is 9.53 Å². The Morgan fingerprint density at radius 2 is 2.12 bits per heavy atom. The first kappa shape index (κ1) is 12.6. The molecule has 0 aromatic carbocycles. The first-order valence-electron chi connectivity index (χ1n) is 6.42. The number of hydrogen-bond acceptors (Lipinski definition) is 3. The average Bonchev–Trinajstić information content (AvgIpc) is 2.76. The zero-order chi connectivity index (χ0) is 12.3. The molecule has 2 aliphatic rings. The molecule has 0 radical (unpaired) electrons. The molecule has 4 nitrogen and oxygen atoms in total. The van der Waals surface area contributed by atoms with E-state index in [1.807, 2.05) is 17.1 Å². The Morgan fingerprint density at radius 1 is 1.41 bits per heavy atom. The molecular formula is C13H22N2O2. The van der Waals surface area contributed by atoms with E-state index < -0.39 is 0 Å². The topological polar surface area (TPSA) is 55.6 Å². The fraction of sp³-hybridized carbons (Fsp3) is 0.769. The number of nitrogens with two attached hydrogens (primary N) is 1. The normalized spacial score (nSPS) is 29.9. The summed E-state index contributed by atoms with van der Waals surface area (Å²) in [4.78, 5) is 14.2. The third kappa shape index (κ3) is 3.07. The second-order valence-corrected chi connectivity index (χ2v) is 5.11. The summed E-state index contributed by atoms with van der Waals surface area (Å²) < 4.78 is 5.16. The monoisotopic (exact) mass is 238 g/mol. The summed E-state index contributed by atoms with van der Waals surface area (Å²) >= 11 is 0. The fourth-order valence-corrected chi connectivity index (χ4v) is 2.70. The number of ether oxygens (including phenoxy) is 1. The van der Waals surface area contributed by atoms with Crippen LogP contribution in [0.15, 0.2) is 12.2 Å². The van der Waals surface area contributed by atoms with Gasteiger partial charge in [-0.25, -0.2) is 0 Å². The van der Waals surface area contributed by atoms with Crippen LogP contribution in [0.4, 0.5) is 0 Å². The molecule has 4 heteroatoms. The van der Waals surface area contributed by atoms with E-state index in [0.717, 1.165) is 39.0 Å². The lowest BCUT2D eigenvalue weighted by atomic mass is 9.96. The van der Waals surface area contributed by atoms with Crippen molar-refractivity contribution < 1.29 is 9.53 Å². The van der Waals surface area contributed by atoms with Crippen LogP contribution >= 0.6 is 0 Å². The molecule has 2 unspecified atom stereocenters. The number of piperidine rings is 1. The molecule has 1 amide bonds. The molecule has 2 atom stereocenters. The van der Waals surface area contributed by atoms with Crippen molar-refractivity contribution >= 4 is 5.91 Å². The Morgan fingerprint density at radius 3 is 2.65 bits per heavy atom. The lowest BCUT2D eigenvalue weighted by Gasteiger charge is -2.33. The van der Waals surface area contributed by atoms with Gasteiger partial charge in [-0.15, -0.1) is 0 Å². The molecule has 1 heterocycles. The van der Waals surface area contributed by atoms with E-state index in [1.165, 1.54) is 0 Å². The minimum absolute atomic E-state index is 0.0176. The summed E-state index contributed by atoms with van der Waals surface area (Å²) in [5, 5.41) is 0. The molecular weight excluding hydrogens is 216 g/mol. The molecule has 2 rings (SSSR count). The standard InChI is InChI=1S/C13H22N2O2/c1-17-9-10-4-6-15(7-5-10)13(16)11-2-3-12(14)8-11/h2-3,10-12H,4-9,14H2,1H3. The first-order chi connectivity index (χ1) is 8.20. The highest BCUT2D eigenvalue weighted by atomic mass is 16.5. The molecule has 1 aliphatic carbocycles. The average molecular weight is 238 g/mol. The highest BCUT2D eigenvalue weighted by molar-refractivity contribution is 5.81. The first-order valence-corrected chi connectivity index (χ1v) is 6.42. The van der Waals surface area contributed by atoms with Gasteiger partial charge in [0.15, 0.2) is 0 Å². The van der Waals surface area contributed by atoms with Gasteiger partial charge in [0.25, 0.3) is 0 Å². The van der Waals surface area contributed by atoms with Gasteiger partial charge >= 0.3 is 0 Å². The number of methoxy groups -OCH3 is 1. The van der Waals surface area contributed by atoms with E-state index in [-0.39, 0.29) is 17.9 Å². The van der Waals surface area contributed by atoms with Crippen molar-refractivity contribution in [3.63, 3.8) is 0 Å². The van der Waals surface area contributed by atoms with E-state index in [2.05, 4.69) is 0 Å². The number of likely N-dealkylation sites (tertiary alicyclic amines) is 1. The van der Waals surface area contributed by atoms with E-state index in [0.29, 0.717) is 5.92 Å². The Labute approximate surface area is 103 Å². The predicted molar refractivity (Wildman–Crippen MR) is 66.4 cm³/mol. The van der Waals surface area contributed by atoms with Crippen molar-refractivity contribution in [3.8, 4) is 0 Å². The molecule has 17 heavy (non-hydrogen) atoms. The molecule has 2 N–H and O–H groups in total. The highest BCUT2D eigenvalue weighted by Crippen LogP contribution is 2.23. The third-order valence-corrected chi connectivity index (χ3v) is 3.76. The van der Waals surface area contributed by atoms with E-state index >= 15 is 0 Å². The second kappa shape index (κ2) is 5.65. The summed E-state index contributed by atoms with van der Waals surface area (Å²) in [6, 6.07) is 0.0648. The largest absolute Gasteiger partial charge is 0.384 e. The Kier molecular flexibility index (Phi) is 4.18. The number of amides is 1. The quantitative estimate of drug-likeness (QED) is 0.739. The van der Waals surface area contributed by atoms with Gasteiger partial charge in [0.1, 0.15) is 0 Å². The number of hydrogen-bond donors (Lipinski definition) is 1. The summed E-state index contributed by atoms with van der Waals surface area (Å²) in [6.07, 6.45) is 6.80. The van der Waals surface area contributed by atoms with Crippen LogP contribution in [0.5, 0.6) is 0 Å². The van der Waals surface area contributed by atoms with Crippen LogP contribution in [0.25, 0.3) is 0 Å². The third-order valence-electron chi connectivity index (χ3n) is 3.76. The van der Waals surface area contributed by atoms with Crippen molar-refractivity contribution in [2.75, 3.05) is 26.8 Å². The van der Waals surface area contributed by atoms with Gasteiger partial charge in [-0.1, -0.05) is 12.2 Å². The van der Waals surface area contributed by atoms with Gasteiger partial charge < -0.3 is 15.4 Å². The molecule has 0 aromatic heterocycles. The molecule has 1 aliphatic heterocycles. The number of carbonyl (C=O) groups is 1. The molecule has 0 aromatic rings. The van der Waals surface area contributed by atoms with Crippen molar-refractivity contribution in [3.05, 3.63) is 12.2 Å². The van der Waals surface area contributed by atoms with Crippen molar-refractivity contribution in [1.82, 2.24) is 4.90 Å². The number of nitrogens with zero attached hydrogens (tertiary/aromatic N) is 1. The smallest absolute Gasteiger partial charge is 0.229 e. The van der Waals surface area contributed by atoms with E-state index in [1.54, 1.807) is 7.11 Å². The van der Waals surface area contributed by atoms with Crippen LogP contribution in [0.3, 0.4) is 0 Å². The number of rotatable bonds is 3. The maximum Gasteiger partial charge on any atom is 0.229 e. The van der Waals surface area contributed by atoms with Gasteiger partial charge in [0.2, 0.25) is 5.91 Å². The van der Waals surface area contributed by atoms with Gasteiger partial charge in [-0.3, -0.25) is 4.79 Å². The van der Waals surface area contributed by atoms with Crippen molar-refractivity contribution in [2.24, 2.45) is 17.6 Å². The Bertz CT molecular complexity index is 296. The lowest BCUT2D eigenvalue weighted by Crippen LogP contribution is -2.42. The van der Waals surface area contributed by atoms with Crippen LogP contribution in [-0.4, -0.2) is 43.7 Å². The maximum atomic E-state index is 12.2. The lowest BCUT2D eigenvalue weighted by molar-refractivity contribution is -0.135. The summed E-state index contributed by atoms with van der Waals surface area (Å²) in [7, 11) is 1.74. The van der Waals surface area contributed by atoms with E-state index in [9.17, 15) is 4.79 Å². The van der Waals surface area contributed by atoms with Crippen molar-refractivity contribution in [1.29, 1.82) is 0 Å². The molecule has 96 valence electrons. The molecule has 0 saturated carbocycles. The fourth-order valence-electron chi connectivity index (χ4n) is 2.70. The van der Waals surface area contributed by atoms with Gasteiger partial charge in [0.05, 0.1) is 5.92 Å². The summed E-state index contributed by atoms with van der Waals surface area (Å²) in [5.41, 5.74) is 5.78. The summed E-state index contributed by atoms with van der Waals surface area (Å²) in [6.45, 7) is 2.55. The number of carbonyl (C=O) groups excluding carboxylic acids is 1. The van der Waals surface area contributed by atoms with Crippen LogP contribution in [0, 0.1) is 11.8 Å². The Hall–Kier alpha value is -0.870. The SMILES string of the molecule is COCC1CCN(C(=O)C2C=CC(N)C2)CC1. The molecule has 0 spiro atoms. The van der Waals surface area contributed by atoms with Crippen LogP contribution in [0.2, 0.25) is 0 Å². The molecule has 1 fully saturated rings. The highest BCUT2D eigenvalue weighted by Gasteiger charge is 2.29. The predicted octanol–water partition coefficient (Wildman–Crippen LogP) is 0.775. The van der Waals surface area contributed by atoms with Crippen LogP contribution < -0.4 is 5.73 Å². The van der Waals surface area contributed by atoms with E-state index in [4.69, 9.17) is 10.5 Å². The van der Waals surface area contributed by atoms with Gasteiger partial charge in [0, 0.05) is 32.8 Å². The van der Waals surface area contributed by atoms with Crippen LogP contribution in [0.1, 0.15) is 19.3 Å². The van der Waals surface area contributed by atoms with Gasteiger partial charge in [-0.05, 0) is 25.2 Å². The second-order valence-electron chi connectivity index (χ2n) is 5.11. The minimum atomic E-state index is 0.0176. The maximum absolute atomic E-state index is 12.2. The van der Waals surface area contributed by atoms with Gasteiger partial charge in [-0.2, -0.15) is 0 Å². The molecule has 0 bridgehead atoms. The summed E-state index contributed by atoms with van der Waals surface area (Å²) in [5.74, 6) is 0.888. The zero-order valence-electron chi connectivity index (χ0n) is 10.5. The minimum Gasteiger partial charge on any atom is -0.384 e. The molecule has 1 saturated heterocycles.